The van der Waals surface area contributed by atoms with Crippen molar-refractivity contribution in [3.8, 4) is 11.5 Å². The number of anilines is 2. The Labute approximate surface area is 195 Å². The normalized spacial score (nSPS) is 23.2. The monoisotopic (exact) mass is 472 g/mol. The van der Waals surface area contributed by atoms with Gasteiger partial charge in [0, 0.05) is 24.1 Å². The minimum atomic E-state index is -1.33. The summed E-state index contributed by atoms with van der Waals surface area (Å²) in [4.78, 5) is 38.3. The Morgan fingerprint density at radius 3 is 2.73 bits per heavy atom. The number of halogens is 1. The molecule has 0 radical (unpaired) electrons. The Kier molecular flexibility index (Phi) is 6.18. The molecule has 10 heteroatoms. The maximum absolute atomic E-state index is 13.6. The van der Waals surface area contributed by atoms with Crippen molar-refractivity contribution in [2.45, 2.75) is 30.8 Å². The van der Waals surface area contributed by atoms with Crippen LogP contribution in [0.1, 0.15) is 24.8 Å². The number of carbonyl (C=O) groups is 3. The first-order valence-corrected chi connectivity index (χ1v) is 10.9. The van der Waals surface area contributed by atoms with Crippen molar-refractivity contribution in [2.75, 3.05) is 24.9 Å². The molecule has 2 aliphatic rings. The summed E-state index contributed by atoms with van der Waals surface area (Å²) in [5.74, 6) is -0.983. The van der Waals surface area contributed by atoms with E-state index in [0.717, 1.165) is 0 Å². The number of nitrogens with two attached hydrogens (primary N) is 1. The summed E-state index contributed by atoms with van der Waals surface area (Å²) in [6, 6.07) is 9.96. The highest BCUT2D eigenvalue weighted by molar-refractivity contribution is 6.35. The van der Waals surface area contributed by atoms with Gasteiger partial charge in [0.05, 0.1) is 36.5 Å². The van der Waals surface area contributed by atoms with Crippen LogP contribution in [0.5, 0.6) is 11.5 Å². The number of carbonyl (C=O) groups excluding carboxylic acids is 3. The van der Waals surface area contributed by atoms with E-state index in [1.54, 1.807) is 36.4 Å². The van der Waals surface area contributed by atoms with Gasteiger partial charge < -0.3 is 25.8 Å². The Morgan fingerprint density at radius 2 is 2.03 bits per heavy atom. The van der Waals surface area contributed by atoms with Crippen LogP contribution in [0.4, 0.5) is 11.4 Å². The number of fused-ring (bicyclic) bond motifs is 2. The molecule has 3 atom stereocenters. The van der Waals surface area contributed by atoms with Gasteiger partial charge in [-0.05, 0) is 31.0 Å². The number of rotatable bonds is 7. The van der Waals surface area contributed by atoms with Gasteiger partial charge in [-0.2, -0.15) is 0 Å². The molecule has 0 saturated carbocycles. The molecular formula is C23H25ClN4O5. The molecule has 2 heterocycles. The van der Waals surface area contributed by atoms with Crippen LogP contribution in [-0.4, -0.2) is 38.0 Å². The second-order valence-electron chi connectivity index (χ2n) is 8.11. The fourth-order valence-corrected chi connectivity index (χ4v) is 4.91. The molecule has 2 aliphatic heterocycles. The third kappa shape index (κ3) is 3.98. The van der Waals surface area contributed by atoms with Crippen molar-refractivity contribution < 1.29 is 23.9 Å². The van der Waals surface area contributed by atoms with E-state index in [0.29, 0.717) is 46.3 Å². The maximum atomic E-state index is 13.6. The van der Waals surface area contributed by atoms with Crippen LogP contribution in [-0.2, 0) is 19.9 Å². The second kappa shape index (κ2) is 8.92. The van der Waals surface area contributed by atoms with Gasteiger partial charge >= 0.3 is 0 Å². The van der Waals surface area contributed by atoms with Gasteiger partial charge in [0.25, 0.3) is 0 Å². The summed E-state index contributed by atoms with van der Waals surface area (Å²) in [5.41, 5.74) is 5.48. The van der Waals surface area contributed by atoms with Crippen LogP contribution in [0.25, 0.3) is 0 Å². The number of ether oxygens (including phenoxy) is 2. The number of para-hydroxylation sites is 1. The third-order valence-corrected chi connectivity index (χ3v) is 6.55. The van der Waals surface area contributed by atoms with E-state index in [-0.39, 0.29) is 24.3 Å². The minimum Gasteiger partial charge on any atom is -0.497 e. The predicted octanol–water partition coefficient (Wildman–Crippen LogP) is 2.39. The first-order valence-electron chi connectivity index (χ1n) is 10.5. The fraction of sp³-hybridized carbons (Fsp3) is 0.348. The van der Waals surface area contributed by atoms with Crippen LogP contribution in [0, 0.1) is 5.92 Å². The molecule has 3 unspecified atom stereocenters. The lowest BCUT2D eigenvalue weighted by Gasteiger charge is -2.29. The number of hydrogen-bond acceptors (Lipinski definition) is 6. The topological polar surface area (TPSA) is 132 Å². The highest BCUT2D eigenvalue weighted by Gasteiger charge is 2.60. The first kappa shape index (κ1) is 22.9. The molecule has 0 aliphatic carbocycles. The number of benzene rings is 2. The SMILES string of the molecule is COc1ccc(OC)c(NC(=O)C2CC(CCC(N)=O)NC23C(=O)Nc2c(Cl)cccc23)c1. The molecular weight excluding hydrogens is 448 g/mol. The molecule has 2 aromatic rings. The summed E-state index contributed by atoms with van der Waals surface area (Å²) >= 11 is 6.33. The molecule has 1 saturated heterocycles. The van der Waals surface area contributed by atoms with Gasteiger partial charge in [0.2, 0.25) is 17.7 Å². The number of methoxy groups -OCH3 is 2. The Morgan fingerprint density at radius 1 is 1.24 bits per heavy atom. The molecule has 1 fully saturated rings. The van der Waals surface area contributed by atoms with Crippen LogP contribution < -0.4 is 31.2 Å². The van der Waals surface area contributed by atoms with Crippen LogP contribution in [0.15, 0.2) is 36.4 Å². The lowest BCUT2D eigenvalue weighted by molar-refractivity contribution is -0.130. The quantitative estimate of drug-likeness (QED) is 0.489. The van der Waals surface area contributed by atoms with E-state index >= 15 is 0 Å². The van der Waals surface area contributed by atoms with E-state index in [4.69, 9.17) is 26.8 Å². The Bertz CT molecular complexity index is 1120. The van der Waals surface area contributed by atoms with E-state index in [1.807, 2.05) is 0 Å². The van der Waals surface area contributed by atoms with Gasteiger partial charge in [-0.3, -0.25) is 19.7 Å². The number of amides is 3. The molecule has 33 heavy (non-hydrogen) atoms. The average molecular weight is 473 g/mol. The summed E-state index contributed by atoms with van der Waals surface area (Å²) in [6.07, 6.45) is 0.854. The van der Waals surface area contributed by atoms with Crippen molar-refractivity contribution in [2.24, 2.45) is 11.7 Å². The van der Waals surface area contributed by atoms with E-state index < -0.39 is 17.4 Å². The lowest BCUT2D eigenvalue weighted by atomic mass is 9.79. The van der Waals surface area contributed by atoms with Crippen LogP contribution in [0.3, 0.4) is 0 Å². The molecule has 174 valence electrons. The molecule has 2 aromatic carbocycles. The Hall–Kier alpha value is -3.30. The summed E-state index contributed by atoms with van der Waals surface area (Å²) in [5, 5.41) is 9.43. The van der Waals surface area contributed by atoms with Crippen molar-refractivity contribution in [3.05, 3.63) is 47.0 Å². The molecule has 1 spiro atoms. The van der Waals surface area contributed by atoms with Crippen LogP contribution >= 0.6 is 11.6 Å². The van der Waals surface area contributed by atoms with Gasteiger partial charge in [0.15, 0.2) is 0 Å². The van der Waals surface area contributed by atoms with Crippen molar-refractivity contribution in [1.29, 1.82) is 0 Å². The number of primary amides is 1. The Balaban J connectivity index is 1.72. The number of hydrogen-bond donors (Lipinski definition) is 4. The zero-order chi connectivity index (χ0) is 23.8. The van der Waals surface area contributed by atoms with E-state index in [1.165, 1.54) is 14.2 Å². The molecule has 4 rings (SSSR count). The zero-order valence-corrected chi connectivity index (χ0v) is 19.0. The van der Waals surface area contributed by atoms with Gasteiger partial charge in [-0.25, -0.2) is 0 Å². The maximum Gasteiger partial charge on any atom is 0.250 e. The summed E-state index contributed by atoms with van der Waals surface area (Å²) in [7, 11) is 3.02. The molecule has 3 amide bonds. The lowest BCUT2D eigenvalue weighted by Crippen LogP contribution is -2.52. The summed E-state index contributed by atoms with van der Waals surface area (Å²) < 4.78 is 10.6. The molecule has 9 nitrogen and oxygen atoms in total. The second-order valence-corrected chi connectivity index (χ2v) is 8.52. The van der Waals surface area contributed by atoms with Crippen molar-refractivity contribution in [3.63, 3.8) is 0 Å². The molecule has 0 aromatic heterocycles. The van der Waals surface area contributed by atoms with Gasteiger partial charge in [0.1, 0.15) is 17.0 Å². The van der Waals surface area contributed by atoms with Gasteiger partial charge in [-0.1, -0.05) is 23.7 Å². The highest BCUT2D eigenvalue weighted by atomic mass is 35.5. The standard InChI is InChI=1S/C23H25ClN4O5/c1-32-13-7-8-18(33-2)17(11-13)26-21(30)15-10-12(6-9-19(25)29)28-23(15)14-4-3-5-16(24)20(14)27-22(23)31/h3-5,7-8,11-12,15,28H,6,9-10H2,1-2H3,(H2,25,29)(H,26,30)(H,27,31). The van der Waals surface area contributed by atoms with Crippen molar-refractivity contribution >= 4 is 40.7 Å². The molecule has 5 N–H and O–H groups in total. The smallest absolute Gasteiger partial charge is 0.250 e. The average Bonchev–Trinajstić information content (AvgIpc) is 3.32. The van der Waals surface area contributed by atoms with E-state index in [2.05, 4.69) is 16.0 Å². The van der Waals surface area contributed by atoms with Gasteiger partial charge in [-0.15, -0.1) is 0 Å². The highest BCUT2D eigenvalue weighted by Crippen LogP contribution is 2.50. The van der Waals surface area contributed by atoms with Crippen molar-refractivity contribution in [1.82, 2.24) is 5.32 Å². The largest absolute Gasteiger partial charge is 0.497 e. The van der Waals surface area contributed by atoms with Crippen LogP contribution in [0.2, 0.25) is 5.02 Å². The molecule has 0 bridgehead atoms. The van der Waals surface area contributed by atoms with E-state index in [9.17, 15) is 14.4 Å². The summed E-state index contributed by atoms with van der Waals surface area (Å²) in [6.45, 7) is 0. The first-order chi connectivity index (χ1) is 15.8. The fourth-order valence-electron chi connectivity index (χ4n) is 4.69. The predicted molar refractivity (Wildman–Crippen MR) is 123 cm³/mol. The zero-order valence-electron chi connectivity index (χ0n) is 18.2. The third-order valence-electron chi connectivity index (χ3n) is 6.23. The minimum absolute atomic E-state index is 0.135. The number of nitrogens with one attached hydrogen (secondary N) is 3.